The molecule has 2 amide bonds. The molecule has 1 atom stereocenters. The topological polar surface area (TPSA) is 58.6 Å². The SMILES string of the molecule is COc1ccc(NC(=O)C(C)N2C(=O)/C(=C/c3cccc(Br)c3)SC2=S)cc1. The number of nitrogens with zero attached hydrogens (tertiary/aromatic N) is 1. The van der Waals surface area contributed by atoms with Crippen molar-refractivity contribution in [1.82, 2.24) is 4.90 Å². The van der Waals surface area contributed by atoms with Crippen LogP contribution in [0, 0.1) is 0 Å². The van der Waals surface area contributed by atoms with Gasteiger partial charge in [0.2, 0.25) is 5.91 Å². The molecule has 1 N–H and O–H groups in total. The number of halogens is 1. The highest BCUT2D eigenvalue weighted by Crippen LogP contribution is 2.34. The number of amides is 2. The van der Waals surface area contributed by atoms with Crippen molar-refractivity contribution in [2.24, 2.45) is 0 Å². The van der Waals surface area contributed by atoms with Crippen LogP contribution in [0.5, 0.6) is 5.75 Å². The Balaban J connectivity index is 1.73. The monoisotopic (exact) mass is 476 g/mol. The zero-order valence-electron chi connectivity index (χ0n) is 15.1. The minimum atomic E-state index is -0.733. The Hall–Kier alpha value is -2.16. The maximum atomic E-state index is 12.8. The summed E-state index contributed by atoms with van der Waals surface area (Å²) in [6.07, 6.45) is 1.78. The number of rotatable bonds is 5. The maximum Gasteiger partial charge on any atom is 0.266 e. The van der Waals surface area contributed by atoms with E-state index in [9.17, 15) is 9.59 Å². The van der Waals surface area contributed by atoms with Crippen LogP contribution in [0.2, 0.25) is 0 Å². The second kappa shape index (κ2) is 8.89. The Morgan fingerprint density at radius 2 is 2.00 bits per heavy atom. The molecule has 1 unspecified atom stereocenters. The van der Waals surface area contributed by atoms with Crippen LogP contribution in [-0.4, -0.2) is 34.2 Å². The number of thiocarbonyl (C=S) groups is 1. The lowest BCUT2D eigenvalue weighted by atomic mass is 10.2. The van der Waals surface area contributed by atoms with Crippen LogP contribution >= 0.6 is 39.9 Å². The number of carbonyl (C=O) groups excluding carboxylic acids is 2. The van der Waals surface area contributed by atoms with Gasteiger partial charge in [0.05, 0.1) is 12.0 Å². The average Bonchev–Trinajstić information content (AvgIpc) is 2.95. The van der Waals surface area contributed by atoms with Crippen molar-refractivity contribution in [1.29, 1.82) is 0 Å². The van der Waals surface area contributed by atoms with Gasteiger partial charge in [-0.1, -0.05) is 52.0 Å². The number of hydrogen-bond donors (Lipinski definition) is 1. The van der Waals surface area contributed by atoms with E-state index in [1.54, 1.807) is 44.4 Å². The average molecular weight is 477 g/mol. The summed E-state index contributed by atoms with van der Waals surface area (Å²) in [5.41, 5.74) is 1.50. The largest absolute Gasteiger partial charge is 0.497 e. The zero-order valence-corrected chi connectivity index (χ0v) is 18.4. The predicted molar refractivity (Wildman–Crippen MR) is 120 cm³/mol. The molecule has 8 heteroatoms. The number of anilines is 1. The fraction of sp³-hybridized carbons (Fsp3) is 0.150. The van der Waals surface area contributed by atoms with Crippen LogP contribution in [0.4, 0.5) is 5.69 Å². The van der Waals surface area contributed by atoms with E-state index in [2.05, 4.69) is 21.2 Å². The van der Waals surface area contributed by atoms with Crippen LogP contribution in [0.1, 0.15) is 12.5 Å². The molecule has 1 saturated heterocycles. The molecular formula is C20H17BrN2O3S2. The molecule has 0 saturated carbocycles. The summed E-state index contributed by atoms with van der Waals surface area (Å²) in [7, 11) is 1.58. The highest BCUT2D eigenvalue weighted by Gasteiger charge is 2.38. The Bertz CT molecular complexity index is 960. The van der Waals surface area contributed by atoms with Crippen molar-refractivity contribution in [3.8, 4) is 5.75 Å². The van der Waals surface area contributed by atoms with E-state index in [0.29, 0.717) is 20.7 Å². The lowest BCUT2D eigenvalue weighted by molar-refractivity contribution is -0.129. The number of carbonyl (C=O) groups is 2. The van der Waals surface area contributed by atoms with Gasteiger partial charge in [-0.25, -0.2) is 0 Å². The lowest BCUT2D eigenvalue weighted by Crippen LogP contribution is -2.44. The number of hydrogen-bond acceptors (Lipinski definition) is 5. The smallest absolute Gasteiger partial charge is 0.266 e. The molecule has 28 heavy (non-hydrogen) atoms. The highest BCUT2D eigenvalue weighted by molar-refractivity contribution is 9.10. The number of methoxy groups -OCH3 is 1. The molecule has 144 valence electrons. The molecule has 1 aliphatic rings. The lowest BCUT2D eigenvalue weighted by Gasteiger charge is -2.22. The molecule has 0 radical (unpaired) electrons. The molecule has 1 heterocycles. The van der Waals surface area contributed by atoms with Gasteiger partial charge < -0.3 is 10.1 Å². The predicted octanol–water partition coefficient (Wildman–Crippen LogP) is 4.69. The van der Waals surface area contributed by atoms with E-state index in [1.807, 2.05) is 24.3 Å². The number of nitrogens with one attached hydrogen (secondary N) is 1. The second-order valence-corrected chi connectivity index (χ2v) is 8.59. The molecule has 3 rings (SSSR count). The van der Waals surface area contributed by atoms with Crippen molar-refractivity contribution < 1.29 is 14.3 Å². The Kier molecular flexibility index (Phi) is 6.53. The van der Waals surface area contributed by atoms with Crippen LogP contribution in [0.15, 0.2) is 57.9 Å². The van der Waals surface area contributed by atoms with Gasteiger partial charge in [0.25, 0.3) is 5.91 Å². The fourth-order valence-corrected chi connectivity index (χ4v) is 4.44. The van der Waals surface area contributed by atoms with E-state index in [0.717, 1.165) is 10.0 Å². The first-order valence-corrected chi connectivity index (χ1v) is 10.4. The number of benzene rings is 2. The summed E-state index contributed by atoms with van der Waals surface area (Å²) in [5.74, 6) is 0.109. The van der Waals surface area contributed by atoms with Gasteiger partial charge in [0.1, 0.15) is 16.1 Å². The summed E-state index contributed by atoms with van der Waals surface area (Å²) in [6, 6.07) is 13.9. The van der Waals surface area contributed by atoms with Crippen LogP contribution < -0.4 is 10.1 Å². The third kappa shape index (κ3) is 4.63. The molecule has 0 aromatic heterocycles. The molecule has 1 fully saturated rings. The molecular weight excluding hydrogens is 460 g/mol. The van der Waals surface area contributed by atoms with Crippen LogP contribution in [0.25, 0.3) is 6.08 Å². The summed E-state index contributed by atoms with van der Waals surface area (Å²) >= 11 is 9.96. The van der Waals surface area contributed by atoms with E-state index in [4.69, 9.17) is 17.0 Å². The third-order valence-corrected chi connectivity index (χ3v) is 5.92. The van der Waals surface area contributed by atoms with Crippen molar-refractivity contribution >= 4 is 67.8 Å². The third-order valence-electron chi connectivity index (χ3n) is 4.09. The minimum absolute atomic E-state index is 0.271. The van der Waals surface area contributed by atoms with Crippen LogP contribution in [0.3, 0.4) is 0 Å². The van der Waals surface area contributed by atoms with Gasteiger partial charge in [0.15, 0.2) is 0 Å². The standard InChI is InChI=1S/C20H17BrN2O3S2/c1-12(18(24)22-15-6-8-16(26-2)9-7-15)23-19(25)17(28-20(23)27)11-13-4-3-5-14(21)10-13/h3-12H,1-2H3,(H,22,24)/b17-11-. The highest BCUT2D eigenvalue weighted by atomic mass is 79.9. The van der Waals surface area contributed by atoms with E-state index in [-0.39, 0.29) is 11.8 Å². The second-order valence-electron chi connectivity index (χ2n) is 6.00. The molecule has 0 aliphatic carbocycles. The summed E-state index contributed by atoms with van der Waals surface area (Å²) in [6.45, 7) is 1.66. The first-order valence-electron chi connectivity index (χ1n) is 8.36. The van der Waals surface area contributed by atoms with Gasteiger partial charge in [-0.3, -0.25) is 14.5 Å². The summed E-state index contributed by atoms with van der Waals surface area (Å²) in [4.78, 5) is 27.3. The number of ether oxygens (including phenoxy) is 1. The normalized spacial score (nSPS) is 16.4. The molecule has 0 spiro atoms. The zero-order chi connectivity index (χ0) is 20.3. The summed E-state index contributed by atoms with van der Waals surface area (Å²) < 4.78 is 6.39. The van der Waals surface area contributed by atoms with E-state index >= 15 is 0 Å². The summed E-state index contributed by atoms with van der Waals surface area (Å²) in [5, 5.41) is 2.80. The first kappa shape index (κ1) is 20.6. The fourth-order valence-electron chi connectivity index (χ4n) is 2.60. The van der Waals surface area contributed by atoms with Crippen molar-refractivity contribution in [2.45, 2.75) is 13.0 Å². The van der Waals surface area contributed by atoms with Crippen molar-refractivity contribution in [3.05, 3.63) is 63.5 Å². The maximum absolute atomic E-state index is 12.8. The van der Waals surface area contributed by atoms with Gasteiger partial charge in [-0.15, -0.1) is 0 Å². The van der Waals surface area contributed by atoms with Gasteiger partial charge in [0, 0.05) is 10.2 Å². The molecule has 0 bridgehead atoms. The van der Waals surface area contributed by atoms with Gasteiger partial charge in [-0.2, -0.15) is 0 Å². The van der Waals surface area contributed by atoms with Gasteiger partial charge >= 0.3 is 0 Å². The molecule has 5 nitrogen and oxygen atoms in total. The van der Waals surface area contributed by atoms with E-state index in [1.165, 1.54) is 16.7 Å². The number of thioether (sulfide) groups is 1. The Morgan fingerprint density at radius 3 is 2.64 bits per heavy atom. The quantitative estimate of drug-likeness (QED) is 0.501. The first-order chi connectivity index (χ1) is 13.4. The Morgan fingerprint density at radius 1 is 1.29 bits per heavy atom. The molecule has 2 aromatic carbocycles. The van der Waals surface area contributed by atoms with E-state index < -0.39 is 6.04 Å². The minimum Gasteiger partial charge on any atom is -0.497 e. The molecule has 1 aliphatic heterocycles. The Labute approximate surface area is 181 Å². The van der Waals surface area contributed by atoms with Crippen molar-refractivity contribution in [2.75, 3.05) is 12.4 Å². The molecule has 2 aromatic rings. The van der Waals surface area contributed by atoms with Crippen LogP contribution in [-0.2, 0) is 9.59 Å². The van der Waals surface area contributed by atoms with Gasteiger partial charge in [-0.05, 0) is 55.0 Å². The van der Waals surface area contributed by atoms with Crippen molar-refractivity contribution in [3.63, 3.8) is 0 Å².